The smallest absolute Gasteiger partial charge is 0.407 e. The van der Waals surface area contributed by atoms with E-state index in [0.717, 1.165) is 45.6 Å². The van der Waals surface area contributed by atoms with E-state index in [1.807, 2.05) is 39.8 Å². The van der Waals surface area contributed by atoms with Gasteiger partial charge < -0.3 is 15.2 Å². The summed E-state index contributed by atoms with van der Waals surface area (Å²) in [5.74, 6) is -0.0415. The van der Waals surface area contributed by atoms with E-state index >= 15 is 0 Å². The summed E-state index contributed by atoms with van der Waals surface area (Å²) in [6.07, 6.45) is 0.287. The molecule has 3 aromatic rings. The second-order valence-electron chi connectivity index (χ2n) is 10.9. The molecule has 0 aliphatic rings. The number of aromatic carboxylic acids is 1. The Morgan fingerprint density at radius 1 is 1.03 bits per heavy atom. The second kappa shape index (κ2) is 12.5. The number of benzene rings is 2. The molecule has 3 rings (SSSR count). The average Bonchev–Trinajstić information content (AvgIpc) is 2.81. The van der Waals surface area contributed by atoms with Crippen LogP contribution in [0.1, 0.15) is 73.1 Å². The number of carboxylic acids is 1. The average molecular weight is 535 g/mol. The molecule has 7 heteroatoms. The van der Waals surface area contributed by atoms with Crippen LogP contribution in [0, 0.1) is 19.8 Å². The lowest BCUT2D eigenvalue weighted by Crippen LogP contribution is -2.32. The molecule has 0 saturated heterocycles. The quantitative estimate of drug-likeness (QED) is 0.275. The third-order valence-corrected chi connectivity index (χ3v) is 7.03. The molecule has 202 valence electrons. The lowest BCUT2D eigenvalue weighted by Gasteiger charge is -2.24. The predicted octanol–water partition coefficient (Wildman–Crippen LogP) is 7.58. The van der Waals surface area contributed by atoms with Gasteiger partial charge in [0.05, 0.1) is 5.56 Å². The van der Waals surface area contributed by atoms with Gasteiger partial charge in [-0.3, -0.25) is 4.98 Å². The summed E-state index contributed by atoms with van der Waals surface area (Å²) < 4.78 is 5.51. The monoisotopic (exact) mass is 534 g/mol. The van der Waals surface area contributed by atoms with Crippen LogP contribution >= 0.6 is 11.8 Å². The Balaban J connectivity index is 2.13. The fourth-order valence-electron chi connectivity index (χ4n) is 4.23. The topological polar surface area (TPSA) is 88.5 Å². The molecule has 0 aliphatic carbocycles. The molecule has 0 aliphatic heterocycles. The van der Waals surface area contributed by atoms with Crippen molar-refractivity contribution in [3.8, 4) is 11.1 Å². The number of amides is 1. The summed E-state index contributed by atoms with van der Waals surface area (Å²) >= 11 is 1.48. The number of carbonyl (C=O) groups excluding carboxylic acids is 1. The fourth-order valence-corrected chi connectivity index (χ4v) is 5.37. The normalized spacial score (nSPS) is 11.5. The molecule has 0 spiro atoms. The van der Waals surface area contributed by atoms with Crippen LogP contribution in [0.2, 0.25) is 0 Å². The summed E-state index contributed by atoms with van der Waals surface area (Å²) in [7, 11) is 0. The standard InChI is InChI=1S/C31H38N2O4S/c1-19(2)16-26-24(17-32-30(36)37-31(5,6)7)28(22-14-12-20(3)13-15-22)25(21(4)33-26)18-38-27-11-9-8-10-23(27)29(34)35/h8-15,19H,16-18H2,1-7H3,(H,32,36)(H,34,35). The van der Waals surface area contributed by atoms with E-state index in [-0.39, 0.29) is 12.1 Å². The van der Waals surface area contributed by atoms with Crippen molar-refractivity contribution in [1.29, 1.82) is 0 Å². The molecule has 1 amide bonds. The first kappa shape index (κ1) is 29.2. The first-order valence-electron chi connectivity index (χ1n) is 12.9. The Labute approximate surface area is 230 Å². The third kappa shape index (κ3) is 7.84. The Bertz CT molecular complexity index is 1290. The lowest BCUT2D eigenvalue weighted by molar-refractivity contribution is 0.0523. The van der Waals surface area contributed by atoms with E-state index in [1.54, 1.807) is 12.1 Å². The molecule has 38 heavy (non-hydrogen) atoms. The number of hydrogen-bond acceptors (Lipinski definition) is 5. The molecule has 0 unspecified atom stereocenters. The number of thioether (sulfide) groups is 1. The van der Waals surface area contributed by atoms with Gasteiger partial charge >= 0.3 is 12.1 Å². The van der Waals surface area contributed by atoms with Crippen molar-refractivity contribution < 1.29 is 19.4 Å². The van der Waals surface area contributed by atoms with Crippen LogP contribution in [0.15, 0.2) is 53.4 Å². The summed E-state index contributed by atoms with van der Waals surface area (Å²) in [4.78, 5) is 30.1. The number of carbonyl (C=O) groups is 2. The predicted molar refractivity (Wildman–Crippen MR) is 154 cm³/mol. The molecule has 0 radical (unpaired) electrons. The maximum atomic E-state index is 12.6. The van der Waals surface area contributed by atoms with Crippen LogP contribution in [-0.2, 0) is 23.5 Å². The minimum atomic E-state index is -0.948. The van der Waals surface area contributed by atoms with Crippen molar-refractivity contribution in [2.45, 2.75) is 77.7 Å². The van der Waals surface area contributed by atoms with Gasteiger partial charge in [-0.2, -0.15) is 0 Å². The summed E-state index contributed by atoms with van der Waals surface area (Å²) in [6.45, 7) is 14.2. The van der Waals surface area contributed by atoms with Crippen molar-refractivity contribution >= 4 is 23.8 Å². The highest BCUT2D eigenvalue weighted by Crippen LogP contribution is 2.37. The molecule has 0 bridgehead atoms. The number of aryl methyl sites for hydroxylation is 2. The van der Waals surface area contributed by atoms with Gasteiger partial charge in [0.1, 0.15) is 5.60 Å². The Morgan fingerprint density at radius 3 is 2.29 bits per heavy atom. The zero-order chi connectivity index (χ0) is 28.0. The molecule has 1 heterocycles. The molecule has 2 aromatic carbocycles. The molecule has 0 saturated carbocycles. The number of aromatic nitrogens is 1. The molecule has 6 nitrogen and oxygen atoms in total. The van der Waals surface area contributed by atoms with Crippen LogP contribution in [0.5, 0.6) is 0 Å². The number of nitrogens with one attached hydrogen (secondary N) is 1. The molecule has 1 aromatic heterocycles. The van der Waals surface area contributed by atoms with E-state index in [4.69, 9.17) is 9.72 Å². The van der Waals surface area contributed by atoms with Gasteiger partial charge in [0.2, 0.25) is 0 Å². The van der Waals surface area contributed by atoms with E-state index in [9.17, 15) is 14.7 Å². The SMILES string of the molecule is Cc1ccc(-c2c(CSc3ccccc3C(=O)O)c(C)nc(CC(C)C)c2CNC(=O)OC(C)(C)C)cc1. The zero-order valence-electron chi connectivity index (χ0n) is 23.3. The van der Waals surface area contributed by atoms with Gasteiger partial charge in [-0.25, -0.2) is 9.59 Å². The van der Waals surface area contributed by atoms with E-state index in [1.165, 1.54) is 11.8 Å². The summed E-state index contributed by atoms with van der Waals surface area (Å²) in [5, 5.41) is 12.6. The highest BCUT2D eigenvalue weighted by atomic mass is 32.2. The van der Waals surface area contributed by atoms with Gasteiger partial charge in [-0.15, -0.1) is 11.8 Å². The first-order valence-corrected chi connectivity index (χ1v) is 13.8. The maximum absolute atomic E-state index is 12.6. The minimum Gasteiger partial charge on any atom is -0.478 e. The fraction of sp³-hybridized carbons (Fsp3) is 0.387. The van der Waals surface area contributed by atoms with Crippen LogP contribution in [0.25, 0.3) is 11.1 Å². The Hall–Kier alpha value is -3.32. The number of alkyl carbamates (subject to hydrolysis) is 1. The number of rotatable bonds is 9. The molecule has 2 N–H and O–H groups in total. The zero-order valence-corrected chi connectivity index (χ0v) is 24.2. The molecular weight excluding hydrogens is 496 g/mol. The number of nitrogens with zero attached hydrogens (tertiary/aromatic N) is 1. The van der Waals surface area contributed by atoms with Crippen LogP contribution in [0.4, 0.5) is 4.79 Å². The molecule has 0 fully saturated rings. The molecule has 0 atom stereocenters. The molecular formula is C31H38N2O4S. The van der Waals surface area contributed by atoms with Crippen molar-refractivity contribution in [2.75, 3.05) is 0 Å². The van der Waals surface area contributed by atoms with E-state index in [2.05, 4.69) is 50.4 Å². The second-order valence-corrected chi connectivity index (χ2v) is 11.9. The summed E-state index contributed by atoms with van der Waals surface area (Å²) in [5.41, 5.74) is 6.73. The number of carboxylic acid groups (broad SMARTS) is 1. The Kier molecular flexibility index (Phi) is 9.60. The largest absolute Gasteiger partial charge is 0.478 e. The van der Waals surface area contributed by atoms with Gasteiger partial charge in [-0.1, -0.05) is 55.8 Å². The van der Waals surface area contributed by atoms with Crippen molar-refractivity contribution in [3.63, 3.8) is 0 Å². The number of hydrogen-bond donors (Lipinski definition) is 2. The first-order chi connectivity index (χ1) is 17.9. The highest BCUT2D eigenvalue weighted by Gasteiger charge is 2.23. The van der Waals surface area contributed by atoms with Gasteiger partial charge in [0, 0.05) is 34.1 Å². The van der Waals surface area contributed by atoms with Crippen molar-refractivity contribution in [1.82, 2.24) is 10.3 Å². The lowest BCUT2D eigenvalue weighted by atomic mass is 9.90. The van der Waals surface area contributed by atoms with E-state index < -0.39 is 17.7 Å². The highest BCUT2D eigenvalue weighted by molar-refractivity contribution is 7.98. The van der Waals surface area contributed by atoms with Crippen LogP contribution in [0.3, 0.4) is 0 Å². The minimum absolute atomic E-state index is 0.275. The van der Waals surface area contributed by atoms with E-state index in [0.29, 0.717) is 16.6 Å². The van der Waals surface area contributed by atoms with Crippen molar-refractivity contribution in [2.24, 2.45) is 5.92 Å². The number of ether oxygens (including phenoxy) is 1. The van der Waals surface area contributed by atoms with Gasteiger partial charge in [0.15, 0.2) is 0 Å². The Morgan fingerprint density at radius 2 is 1.68 bits per heavy atom. The van der Waals surface area contributed by atoms with Crippen molar-refractivity contribution in [3.05, 3.63) is 82.2 Å². The summed E-state index contributed by atoms with van der Waals surface area (Å²) in [6, 6.07) is 15.4. The van der Waals surface area contributed by atoms with Crippen LogP contribution in [-0.4, -0.2) is 27.8 Å². The van der Waals surface area contributed by atoms with Crippen LogP contribution < -0.4 is 5.32 Å². The third-order valence-electron chi connectivity index (χ3n) is 5.93. The maximum Gasteiger partial charge on any atom is 0.407 e. The number of pyridine rings is 1. The van der Waals surface area contributed by atoms with Gasteiger partial charge in [-0.05, 0) is 75.8 Å². The van der Waals surface area contributed by atoms with Gasteiger partial charge in [0.25, 0.3) is 0 Å².